The molecule has 110 valence electrons. The van der Waals surface area contributed by atoms with Crippen LogP contribution < -0.4 is 15.4 Å². The Bertz CT molecular complexity index is 610. The van der Waals surface area contributed by atoms with Gasteiger partial charge < -0.3 is 20.1 Å². The van der Waals surface area contributed by atoms with E-state index in [9.17, 15) is 0 Å². The molecule has 0 bridgehead atoms. The summed E-state index contributed by atoms with van der Waals surface area (Å²) in [6.45, 7) is 3.00. The molecular formula is C15H18N4O2. The maximum absolute atomic E-state index is 5.71. The van der Waals surface area contributed by atoms with Crippen LogP contribution in [0, 0.1) is 0 Å². The molecule has 1 aliphatic heterocycles. The molecule has 21 heavy (non-hydrogen) atoms. The van der Waals surface area contributed by atoms with E-state index in [0.717, 1.165) is 30.2 Å². The summed E-state index contributed by atoms with van der Waals surface area (Å²) < 4.78 is 10.8. The molecule has 3 rings (SSSR count). The second-order valence-corrected chi connectivity index (χ2v) is 4.81. The third-order valence-corrected chi connectivity index (χ3v) is 3.44. The molecule has 1 fully saturated rings. The van der Waals surface area contributed by atoms with Crippen LogP contribution in [0.25, 0.3) is 11.4 Å². The van der Waals surface area contributed by atoms with E-state index in [2.05, 4.69) is 14.9 Å². The van der Waals surface area contributed by atoms with Gasteiger partial charge in [-0.05, 0) is 24.3 Å². The SMILES string of the molecule is COc1cnc(-c2ccc(N)cc2)nc1N1CCOCC1. The van der Waals surface area contributed by atoms with Crippen molar-refractivity contribution < 1.29 is 9.47 Å². The van der Waals surface area contributed by atoms with E-state index in [1.807, 2.05) is 24.3 Å². The normalized spacial score (nSPS) is 15.0. The molecule has 2 aromatic rings. The van der Waals surface area contributed by atoms with E-state index in [4.69, 9.17) is 15.2 Å². The maximum atomic E-state index is 5.71. The van der Waals surface area contributed by atoms with E-state index < -0.39 is 0 Å². The smallest absolute Gasteiger partial charge is 0.179 e. The van der Waals surface area contributed by atoms with Gasteiger partial charge >= 0.3 is 0 Å². The summed E-state index contributed by atoms with van der Waals surface area (Å²) in [4.78, 5) is 11.2. The Balaban J connectivity index is 1.97. The van der Waals surface area contributed by atoms with Crippen LogP contribution in [-0.2, 0) is 4.74 Å². The summed E-state index contributed by atoms with van der Waals surface area (Å²) in [5.74, 6) is 2.15. The Hall–Kier alpha value is -2.34. The molecule has 0 aliphatic carbocycles. The molecule has 0 radical (unpaired) electrons. The highest BCUT2D eigenvalue weighted by Gasteiger charge is 2.18. The molecule has 6 nitrogen and oxygen atoms in total. The van der Waals surface area contributed by atoms with Gasteiger partial charge in [0, 0.05) is 24.3 Å². The fraction of sp³-hybridized carbons (Fsp3) is 0.333. The number of hydrogen-bond acceptors (Lipinski definition) is 6. The molecule has 1 aromatic carbocycles. The zero-order valence-electron chi connectivity index (χ0n) is 12.0. The van der Waals surface area contributed by atoms with Crippen molar-refractivity contribution in [1.29, 1.82) is 0 Å². The lowest BCUT2D eigenvalue weighted by Gasteiger charge is -2.28. The zero-order chi connectivity index (χ0) is 14.7. The molecule has 0 saturated carbocycles. The number of benzene rings is 1. The highest BCUT2D eigenvalue weighted by atomic mass is 16.5. The highest BCUT2D eigenvalue weighted by molar-refractivity contribution is 5.63. The van der Waals surface area contributed by atoms with Crippen molar-refractivity contribution in [3.05, 3.63) is 30.5 Å². The first-order chi connectivity index (χ1) is 10.3. The van der Waals surface area contributed by atoms with Gasteiger partial charge in [0.2, 0.25) is 0 Å². The zero-order valence-corrected chi connectivity index (χ0v) is 12.0. The van der Waals surface area contributed by atoms with Crippen molar-refractivity contribution in [2.24, 2.45) is 0 Å². The Kier molecular flexibility index (Phi) is 3.87. The van der Waals surface area contributed by atoms with Crippen LogP contribution >= 0.6 is 0 Å². The van der Waals surface area contributed by atoms with Crippen molar-refractivity contribution in [3.63, 3.8) is 0 Å². The summed E-state index contributed by atoms with van der Waals surface area (Å²) in [5.41, 5.74) is 7.37. The van der Waals surface area contributed by atoms with Gasteiger partial charge in [-0.15, -0.1) is 0 Å². The Morgan fingerprint density at radius 3 is 2.57 bits per heavy atom. The van der Waals surface area contributed by atoms with Gasteiger partial charge in [0.15, 0.2) is 17.4 Å². The van der Waals surface area contributed by atoms with Gasteiger partial charge in [-0.1, -0.05) is 0 Å². The lowest BCUT2D eigenvalue weighted by Crippen LogP contribution is -2.37. The van der Waals surface area contributed by atoms with Gasteiger partial charge in [0.25, 0.3) is 0 Å². The lowest BCUT2D eigenvalue weighted by atomic mass is 10.2. The molecule has 1 aliphatic rings. The fourth-order valence-corrected chi connectivity index (χ4v) is 2.28. The second-order valence-electron chi connectivity index (χ2n) is 4.81. The summed E-state index contributed by atoms with van der Waals surface area (Å²) in [6, 6.07) is 7.52. The molecule has 2 N–H and O–H groups in total. The number of anilines is 2. The minimum atomic E-state index is 0.664. The van der Waals surface area contributed by atoms with Crippen molar-refractivity contribution in [2.75, 3.05) is 44.0 Å². The number of hydrogen-bond donors (Lipinski definition) is 1. The number of morpholine rings is 1. The standard InChI is InChI=1S/C15H18N4O2/c1-20-13-10-17-14(11-2-4-12(16)5-3-11)18-15(13)19-6-8-21-9-7-19/h2-5,10H,6-9,16H2,1H3. The summed E-state index contributed by atoms with van der Waals surface area (Å²) in [5, 5.41) is 0. The Labute approximate surface area is 123 Å². The molecule has 0 unspecified atom stereocenters. The van der Waals surface area contributed by atoms with Crippen molar-refractivity contribution in [1.82, 2.24) is 9.97 Å². The van der Waals surface area contributed by atoms with Crippen LogP contribution in [0.15, 0.2) is 30.5 Å². The Morgan fingerprint density at radius 2 is 1.90 bits per heavy atom. The van der Waals surface area contributed by atoms with Gasteiger partial charge in [-0.25, -0.2) is 9.97 Å². The third kappa shape index (κ3) is 2.90. The Morgan fingerprint density at radius 1 is 1.19 bits per heavy atom. The summed E-state index contributed by atoms with van der Waals surface area (Å²) >= 11 is 0. The monoisotopic (exact) mass is 286 g/mol. The average molecular weight is 286 g/mol. The molecule has 0 spiro atoms. The number of nitrogens with zero attached hydrogens (tertiary/aromatic N) is 3. The average Bonchev–Trinajstić information content (AvgIpc) is 2.56. The molecule has 1 aromatic heterocycles. The molecule has 6 heteroatoms. The number of rotatable bonds is 3. The predicted octanol–water partition coefficient (Wildman–Crippen LogP) is 1.57. The minimum Gasteiger partial charge on any atom is -0.491 e. The van der Waals surface area contributed by atoms with Crippen LogP contribution in [0.3, 0.4) is 0 Å². The van der Waals surface area contributed by atoms with Gasteiger partial charge in [0.1, 0.15) is 0 Å². The lowest BCUT2D eigenvalue weighted by molar-refractivity contribution is 0.122. The van der Waals surface area contributed by atoms with Crippen LogP contribution in [0.5, 0.6) is 5.75 Å². The van der Waals surface area contributed by atoms with Crippen molar-refractivity contribution >= 4 is 11.5 Å². The van der Waals surface area contributed by atoms with Gasteiger partial charge in [0.05, 0.1) is 26.5 Å². The quantitative estimate of drug-likeness (QED) is 0.863. The van der Waals surface area contributed by atoms with E-state index in [1.54, 1.807) is 13.3 Å². The number of aromatic nitrogens is 2. The largest absolute Gasteiger partial charge is 0.491 e. The van der Waals surface area contributed by atoms with Crippen LogP contribution in [0.4, 0.5) is 11.5 Å². The topological polar surface area (TPSA) is 73.5 Å². The number of nitrogens with two attached hydrogens (primary N) is 1. The third-order valence-electron chi connectivity index (χ3n) is 3.44. The van der Waals surface area contributed by atoms with E-state index in [-0.39, 0.29) is 0 Å². The minimum absolute atomic E-state index is 0.664. The first kappa shape index (κ1) is 13.6. The van der Waals surface area contributed by atoms with Crippen molar-refractivity contribution in [2.45, 2.75) is 0 Å². The van der Waals surface area contributed by atoms with Crippen LogP contribution in [0.2, 0.25) is 0 Å². The van der Waals surface area contributed by atoms with Gasteiger partial charge in [-0.2, -0.15) is 0 Å². The first-order valence-electron chi connectivity index (χ1n) is 6.87. The molecular weight excluding hydrogens is 268 g/mol. The van der Waals surface area contributed by atoms with Crippen molar-refractivity contribution in [3.8, 4) is 17.1 Å². The molecule has 1 saturated heterocycles. The number of methoxy groups -OCH3 is 1. The summed E-state index contributed by atoms with van der Waals surface area (Å²) in [6.07, 6.45) is 1.71. The van der Waals surface area contributed by atoms with Crippen LogP contribution in [-0.4, -0.2) is 43.4 Å². The molecule has 2 heterocycles. The predicted molar refractivity (Wildman–Crippen MR) is 81.5 cm³/mol. The fourth-order valence-electron chi connectivity index (χ4n) is 2.28. The first-order valence-corrected chi connectivity index (χ1v) is 6.87. The van der Waals surface area contributed by atoms with Gasteiger partial charge in [-0.3, -0.25) is 0 Å². The van der Waals surface area contributed by atoms with E-state index in [1.165, 1.54) is 0 Å². The highest BCUT2D eigenvalue weighted by Crippen LogP contribution is 2.28. The molecule has 0 atom stereocenters. The maximum Gasteiger partial charge on any atom is 0.179 e. The summed E-state index contributed by atoms with van der Waals surface area (Å²) in [7, 11) is 1.63. The molecule has 0 amide bonds. The second kappa shape index (κ2) is 5.97. The van der Waals surface area contributed by atoms with Crippen LogP contribution in [0.1, 0.15) is 0 Å². The number of nitrogen functional groups attached to an aromatic ring is 1. The number of ether oxygens (including phenoxy) is 2. The van der Waals surface area contributed by atoms with E-state index >= 15 is 0 Å². The van der Waals surface area contributed by atoms with E-state index in [0.29, 0.717) is 24.8 Å².